The van der Waals surface area contributed by atoms with Crippen molar-refractivity contribution in [2.24, 2.45) is 40.2 Å². The van der Waals surface area contributed by atoms with Gasteiger partial charge in [-0.05, 0) is 71.4 Å². The predicted octanol–water partition coefficient (Wildman–Crippen LogP) is 3.10. The highest BCUT2D eigenvalue weighted by molar-refractivity contribution is 6.09. The van der Waals surface area contributed by atoms with Crippen LogP contribution in [0.3, 0.4) is 0 Å². The van der Waals surface area contributed by atoms with E-state index in [9.17, 15) is 34.8 Å². The van der Waals surface area contributed by atoms with Crippen LogP contribution >= 0.6 is 0 Å². The molecule has 0 saturated heterocycles. The summed E-state index contributed by atoms with van der Waals surface area (Å²) in [6, 6.07) is 8.92. The van der Waals surface area contributed by atoms with Gasteiger partial charge in [-0.25, -0.2) is 0 Å². The Morgan fingerprint density at radius 2 is 1.76 bits per heavy atom. The number of phenols is 1. The van der Waals surface area contributed by atoms with Crippen LogP contribution < -0.4 is 10.5 Å². The molecule has 0 bridgehead atoms. The fraction of sp³-hybridized carbons (Fsp3) is 0.528. The van der Waals surface area contributed by atoms with Crippen molar-refractivity contribution in [2.45, 2.75) is 78.1 Å². The van der Waals surface area contributed by atoms with Crippen molar-refractivity contribution in [3.63, 3.8) is 0 Å². The molecular weight excluding hydrogens is 574 g/mol. The number of hydrogen-bond acceptors (Lipinski definition) is 8. The summed E-state index contributed by atoms with van der Waals surface area (Å²) in [4.78, 5) is 40.9. The van der Waals surface area contributed by atoms with E-state index in [1.807, 2.05) is 34.6 Å². The standard InChI is InChI=1S/C36H43NO8/c1-17(2)22-14-20(12-11-19-9-8-10-21(13-19)45-7)28(38)24-23(22)15-34(5)16-35(6)26(18(3)4)30(40)25(33(37)43)31(41)36(35,44)32(42)27(34)29(24)39/h8-10,13-14,17-18,25-27,30,32,38,40,42,44H,15-16H2,1-7H3,(H2,37,43)/t25-,26+,27-,30?,32?,34-,35-,36+/m1/s1. The van der Waals surface area contributed by atoms with Gasteiger partial charge < -0.3 is 30.9 Å². The highest BCUT2D eigenvalue weighted by Crippen LogP contribution is 2.66. The number of nitrogens with two attached hydrogens (primary N) is 1. The quantitative estimate of drug-likeness (QED) is 0.258. The summed E-state index contributed by atoms with van der Waals surface area (Å²) in [7, 11) is 1.55. The summed E-state index contributed by atoms with van der Waals surface area (Å²) in [5.41, 5.74) is 2.97. The summed E-state index contributed by atoms with van der Waals surface area (Å²) in [5, 5.41) is 47.3. The SMILES string of the molecule is COc1cccc(C#Cc2cc(C(C)C)c3c(c2O)C(=O)[C@@H]2C(O)[C@@]4(O)C(=O)[C@H](C(N)=O)C(O)[C@H](C(C)C)[C@@]4(C)C[C@@]2(C)C3)c1. The molecule has 0 heterocycles. The molecule has 1 amide bonds. The average molecular weight is 618 g/mol. The monoisotopic (exact) mass is 617 g/mol. The van der Waals surface area contributed by atoms with Gasteiger partial charge in [-0.15, -0.1) is 0 Å². The predicted molar refractivity (Wildman–Crippen MR) is 167 cm³/mol. The molecule has 2 saturated carbocycles. The molecule has 9 heteroatoms. The average Bonchev–Trinajstić information content (AvgIpc) is 2.94. The van der Waals surface area contributed by atoms with Crippen molar-refractivity contribution in [1.29, 1.82) is 0 Å². The number of ketones is 2. The largest absolute Gasteiger partial charge is 0.506 e. The van der Waals surface area contributed by atoms with E-state index >= 15 is 0 Å². The Kier molecular flexibility index (Phi) is 7.97. The molecule has 45 heavy (non-hydrogen) atoms. The normalized spacial score (nSPS) is 34.0. The molecule has 9 nitrogen and oxygen atoms in total. The van der Waals surface area contributed by atoms with Gasteiger partial charge in [0.05, 0.1) is 30.3 Å². The lowest BCUT2D eigenvalue weighted by Crippen LogP contribution is -2.79. The molecule has 0 aliphatic heterocycles. The van der Waals surface area contributed by atoms with E-state index in [2.05, 4.69) is 11.8 Å². The van der Waals surface area contributed by atoms with Gasteiger partial charge in [0, 0.05) is 11.0 Å². The van der Waals surface area contributed by atoms with Gasteiger partial charge in [0.2, 0.25) is 5.91 Å². The molecule has 2 unspecified atom stereocenters. The number of benzene rings is 2. The van der Waals surface area contributed by atoms with Crippen molar-refractivity contribution < 1.29 is 39.5 Å². The number of hydrogen-bond donors (Lipinski definition) is 5. The second kappa shape index (κ2) is 11.0. The molecule has 5 rings (SSSR count). The van der Waals surface area contributed by atoms with Crippen LogP contribution in [0.1, 0.15) is 86.5 Å². The molecule has 3 aliphatic carbocycles. The van der Waals surface area contributed by atoms with E-state index in [0.29, 0.717) is 16.9 Å². The van der Waals surface area contributed by atoms with Gasteiger partial charge in [-0.3, -0.25) is 14.4 Å². The third-order valence-corrected chi connectivity index (χ3v) is 10.8. The first-order valence-corrected chi connectivity index (χ1v) is 15.5. The fourth-order valence-electron chi connectivity index (χ4n) is 9.08. The number of aliphatic hydroxyl groups excluding tert-OH is 2. The van der Waals surface area contributed by atoms with E-state index < -0.39 is 63.9 Å². The molecule has 0 spiro atoms. The zero-order valence-electron chi connectivity index (χ0n) is 26.8. The lowest BCUT2D eigenvalue weighted by Gasteiger charge is -2.66. The number of Topliss-reactive ketones (excluding diaryl/α,β-unsaturated/α-hetero) is 2. The van der Waals surface area contributed by atoms with E-state index in [1.54, 1.807) is 44.4 Å². The number of primary amides is 1. The zero-order chi connectivity index (χ0) is 33.4. The van der Waals surface area contributed by atoms with Crippen LogP contribution in [0.4, 0.5) is 0 Å². The third-order valence-electron chi connectivity index (χ3n) is 10.8. The van der Waals surface area contributed by atoms with Crippen LogP contribution in [0.15, 0.2) is 30.3 Å². The molecule has 0 radical (unpaired) electrons. The minimum absolute atomic E-state index is 0.0139. The summed E-state index contributed by atoms with van der Waals surface area (Å²) < 4.78 is 5.28. The number of aliphatic hydroxyl groups is 3. The highest BCUT2D eigenvalue weighted by Gasteiger charge is 2.76. The Hall–Kier alpha value is -3.71. The summed E-state index contributed by atoms with van der Waals surface area (Å²) in [6.07, 6.45) is -3.05. The maximum Gasteiger partial charge on any atom is 0.230 e. The minimum Gasteiger partial charge on any atom is -0.506 e. The zero-order valence-corrected chi connectivity index (χ0v) is 26.8. The fourth-order valence-corrected chi connectivity index (χ4v) is 9.08. The Bertz CT molecular complexity index is 1650. The highest BCUT2D eigenvalue weighted by atomic mass is 16.5. The van der Waals surface area contributed by atoms with E-state index in [-0.39, 0.29) is 41.6 Å². The molecule has 2 aromatic carbocycles. The van der Waals surface area contributed by atoms with E-state index in [4.69, 9.17) is 10.5 Å². The van der Waals surface area contributed by atoms with Crippen LogP contribution in [-0.4, -0.2) is 62.8 Å². The number of amides is 1. The van der Waals surface area contributed by atoms with Crippen molar-refractivity contribution in [2.75, 3.05) is 7.11 Å². The summed E-state index contributed by atoms with van der Waals surface area (Å²) in [5.74, 6) is -0.699. The Balaban J connectivity index is 1.70. The molecule has 3 aliphatic rings. The number of aromatic hydroxyl groups is 1. The first-order chi connectivity index (χ1) is 20.9. The van der Waals surface area contributed by atoms with Crippen LogP contribution in [0.5, 0.6) is 11.5 Å². The summed E-state index contributed by atoms with van der Waals surface area (Å²) in [6.45, 7) is 11.1. The topological polar surface area (TPSA) is 167 Å². The summed E-state index contributed by atoms with van der Waals surface area (Å²) >= 11 is 0. The Morgan fingerprint density at radius 1 is 1.09 bits per heavy atom. The number of carbonyl (C=O) groups is 3. The lowest BCUT2D eigenvalue weighted by atomic mass is 9.39. The van der Waals surface area contributed by atoms with Crippen molar-refractivity contribution in [1.82, 2.24) is 0 Å². The Labute approximate surface area is 263 Å². The van der Waals surface area contributed by atoms with Gasteiger partial charge in [0.15, 0.2) is 17.2 Å². The van der Waals surface area contributed by atoms with Gasteiger partial charge in [-0.1, -0.05) is 59.4 Å². The van der Waals surface area contributed by atoms with Gasteiger partial charge in [0.1, 0.15) is 23.5 Å². The van der Waals surface area contributed by atoms with Crippen molar-refractivity contribution in [3.05, 3.63) is 58.1 Å². The first kappa shape index (κ1) is 32.7. The number of ether oxygens (including phenoxy) is 1. The number of carbonyl (C=O) groups excluding carboxylic acids is 3. The molecule has 2 aromatic rings. The number of methoxy groups -OCH3 is 1. The Morgan fingerprint density at radius 3 is 2.33 bits per heavy atom. The molecule has 6 N–H and O–H groups in total. The minimum atomic E-state index is -2.56. The van der Waals surface area contributed by atoms with Gasteiger partial charge in [0.25, 0.3) is 0 Å². The maximum atomic E-state index is 14.5. The van der Waals surface area contributed by atoms with Crippen LogP contribution in [-0.2, 0) is 16.0 Å². The van der Waals surface area contributed by atoms with Crippen molar-refractivity contribution in [3.8, 4) is 23.3 Å². The molecule has 8 atom stereocenters. The smallest absolute Gasteiger partial charge is 0.230 e. The maximum absolute atomic E-state index is 14.5. The number of phenolic OH excluding ortho intramolecular Hbond substituents is 1. The van der Waals surface area contributed by atoms with Gasteiger partial charge >= 0.3 is 0 Å². The number of fused-ring (bicyclic) bond motifs is 3. The molecule has 2 fully saturated rings. The second-order valence-electron chi connectivity index (χ2n) is 14.3. The van der Waals surface area contributed by atoms with Crippen LogP contribution in [0.2, 0.25) is 0 Å². The lowest BCUT2D eigenvalue weighted by molar-refractivity contribution is -0.265. The first-order valence-electron chi connectivity index (χ1n) is 15.5. The van der Waals surface area contributed by atoms with E-state index in [0.717, 1.165) is 5.56 Å². The van der Waals surface area contributed by atoms with Crippen molar-refractivity contribution >= 4 is 17.5 Å². The second-order valence-corrected chi connectivity index (χ2v) is 14.3. The molecular formula is C36H43NO8. The molecule has 0 aromatic heterocycles. The van der Waals surface area contributed by atoms with Crippen LogP contribution in [0.25, 0.3) is 0 Å². The van der Waals surface area contributed by atoms with Gasteiger partial charge in [-0.2, -0.15) is 0 Å². The molecule has 240 valence electrons. The van der Waals surface area contributed by atoms with Crippen LogP contribution in [0, 0.1) is 46.3 Å². The third kappa shape index (κ3) is 4.60. The van der Waals surface area contributed by atoms with E-state index in [1.165, 1.54) is 0 Å². The number of rotatable bonds is 4.